The van der Waals surface area contributed by atoms with Crippen LogP contribution in [0.15, 0.2) is 82.6 Å². The Kier molecular flexibility index (Phi) is 7.27. The molecule has 0 aromatic heterocycles. The largest absolute Gasteiger partial charge is 0.382 e. The maximum Gasteiger partial charge on any atom is 0.318 e. The summed E-state index contributed by atoms with van der Waals surface area (Å²) in [6.45, 7) is 1.49. The van der Waals surface area contributed by atoms with Crippen LogP contribution in [-0.2, 0) is 23.9 Å². The van der Waals surface area contributed by atoms with Crippen LogP contribution in [-0.4, -0.2) is 58.0 Å². The van der Waals surface area contributed by atoms with Gasteiger partial charge in [0.2, 0.25) is 0 Å². The highest BCUT2D eigenvalue weighted by atomic mass is 32.2. The van der Waals surface area contributed by atoms with Crippen molar-refractivity contribution < 1.29 is 31.8 Å². The van der Waals surface area contributed by atoms with Crippen LogP contribution in [0, 0.1) is 0 Å². The van der Waals surface area contributed by atoms with Crippen molar-refractivity contribution >= 4 is 55.2 Å². The molecule has 0 bridgehead atoms. The quantitative estimate of drug-likeness (QED) is 0.164. The number of benzene rings is 4. The molecule has 0 aliphatic carbocycles. The van der Waals surface area contributed by atoms with Crippen molar-refractivity contribution in [3.63, 3.8) is 0 Å². The minimum absolute atomic E-state index is 0.131. The summed E-state index contributed by atoms with van der Waals surface area (Å²) in [6, 6.07) is 20.2. The lowest BCUT2D eigenvalue weighted by Crippen LogP contribution is -2.41. The maximum absolute atomic E-state index is 13.5. The molecular formula is C27H23NO7S2. The highest BCUT2D eigenvalue weighted by molar-refractivity contribution is 7.99. The van der Waals surface area contributed by atoms with Crippen molar-refractivity contribution in [3.8, 4) is 0 Å². The first-order valence-electron chi connectivity index (χ1n) is 11.5. The van der Waals surface area contributed by atoms with E-state index in [9.17, 15) is 18.0 Å². The zero-order valence-electron chi connectivity index (χ0n) is 19.9. The van der Waals surface area contributed by atoms with E-state index in [1.54, 1.807) is 61.7 Å². The van der Waals surface area contributed by atoms with E-state index in [1.165, 1.54) is 17.8 Å². The van der Waals surface area contributed by atoms with Gasteiger partial charge >= 0.3 is 10.1 Å². The Morgan fingerprint density at radius 3 is 2.38 bits per heavy atom. The molecule has 0 atom stereocenters. The van der Waals surface area contributed by atoms with Gasteiger partial charge in [0.25, 0.3) is 11.8 Å². The number of ether oxygens (including phenoxy) is 2. The Morgan fingerprint density at radius 2 is 1.54 bits per heavy atom. The average molecular weight is 538 g/mol. The highest BCUT2D eigenvalue weighted by Gasteiger charge is 2.38. The van der Waals surface area contributed by atoms with Crippen molar-refractivity contribution in [2.24, 2.45) is 0 Å². The molecule has 0 saturated carbocycles. The van der Waals surface area contributed by atoms with Crippen LogP contribution >= 0.6 is 11.8 Å². The molecule has 0 unspecified atom stereocenters. The normalized spacial score (nSPS) is 13.6. The first kappa shape index (κ1) is 25.4. The molecular weight excluding hydrogens is 514 g/mol. The summed E-state index contributed by atoms with van der Waals surface area (Å²) < 4.78 is 42.2. The lowest BCUT2D eigenvalue weighted by Gasteiger charge is -2.26. The summed E-state index contributed by atoms with van der Waals surface area (Å²) in [5.74, 6) is -1.04. The summed E-state index contributed by atoms with van der Waals surface area (Å²) >= 11 is 1.49. The summed E-state index contributed by atoms with van der Waals surface area (Å²) in [5, 5.41) is 2.63. The number of carbonyl (C=O) groups excluding carboxylic acids is 2. The van der Waals surface area contributed by atoms with E-state index in [-0.39, 0.29) is 16.0 Å². The molecule has 0 spiro atoms. The van der Waals surface area contributed by atoms with E-state index in [1.807, 2.05) is 12.1 Å². The van der Waals surface area contributed by atoms with Gasteiger partial charge in [-0.25, -0.2) is 0 Å². The van der Waals surface area contributed by atoms with Gasteiger partial charge in [0.15, 0.2) is 0 Å². The SMILES string of the molecule is COCCOCCSc1cc2c3c(cccc3c1)C(=O)N(OS(=O)(=O)c1cccc3ccccc13)C2=O. The number of fused-ring (bicyclic) bond motifs is 1. The van der Waals surface area contributed by atoms with Gasteiger partial charge in [-0.1, -0.05) is 48.5 Å². The number of rotatable bonds is 10. The molecule has 8 nitrogen and oxygen atoms in total. The van der Waals surface area contributed by atoms with Crippen LogP contribution in [0.25, 0.3) is 21.5 Å². The Balaban J connectivity index is 1.46. The molecule has 0 fully saturated rings. The molecule has 0 N–H and O–H groups in total. The van der Waals surface area contributed by atoms with Gasteiger partial charge in [0.05, 0.1) is 30.9 Å². The number of hydrogen-bond donors (Lipinski definition) is 0. The number of carbonyl (C=O) groups is 2. The predicted octanol–water partition coefficient (Wildman–Crippen LogP) is 4.66. The van der Waals surface area contributed by atoms with Crippen molar-refractivity contribution in [3.05, 3.63) is 83.9 Å². The first-order valence-corrected chi connectivity index (χ1v) is 13.9. The number of imide groups is 1. The fraction of sp³-hybridized carbons (Fsp3) is 0.185. The van der Waals surface area contributed by atoms with E-state index in [4.69, 9.17) is 13.8 Å². The second-order valence-corrected chi connectivity index (χ2v) is 10.9. The molecule has 5 rings (SSSR count). The summed E-state index contributed by atoms with van der Waals surface area (Å²) in [6.07, 6.45) is 0. The Labute approximate surface area is 218 Å². The molecule has 1 heterocycles. The van der Waals surface area contributed by atoms with Crippen LogP contribution in [0.1, 0.15) is 20.7 Å². The highest BCUT2D eigenvalue weighted by Crippen LogP contribution is 2.35. The number of nitrogens with zero attached hydrogens (tertiary/aromatic N) is 1. The Morgan fingerprint density at radius 1 is 0.811 bits per heavy atom. The van der Waals surface area contributed by atoms with Crippen LogP contribution in [0.4, 0.5) is 0 Å². The van der Waals surface area contributed by atoms with Gasteiger partial charge in [0.1, 0.15) is 4.90 Å². The monoisotopic (exact) mass is 537 g/mol. The van der Waals surface area contributed by atoms with Crippen LogP contribution in [0.2, 0.25) is 0 Å². The van der Waals surface area contributed by atoms with Gasteiger partial charge in [-0.3, -0.25) is 9.59 Å². The number of thioether (sulfide) groups is 1. The second kappa shape index (κ2) is 10.6. The van der Waals surface area contributed by atoms with E-state index >= 15 is 0 Å². The molecule has 1 aliphatic rings. The summed E-state index contributed by atoms with van der Waals surface area (Å²) in [4.78, 5) is 27.4. The predicted molar refractivity (Wildman–Crippen MR) is 140 cm³/mol. The summed E-state index contributed by atoms with van der Waals surface area (Å²) in [7, 11) is -2.90. The molecule has 10 heteroatoms. The number of hydroxylamine groups is 2. The fourth-order valence-corrected chi connectivity index (χ4v) is 6.18. The average Bonchev–Trinajstić information content (AvgIpc) is 2.91. The molecule has 0 saturated heterocycles. The number of hydrogen-bond acceptors (Lipinski definition) is 8. The van der Waals surface area contributed by atoms with Crippen molar-refractivity contribution in [2.75, 3.05) is 32.7 Å². The molecule has 37 heavy (non-hydrogen) atoms. The van der Waals surface area contributed by atoms with Crippen LogP contribution in [0.3, 0.4) is 0 Å². The van der Waals surface area contributed by atoms with E-state index < -0.39 is 21.9 Å². The third-order valence-electron chi connectivity index (χ3n) is 5.90. The Hall–Kier alpha value is -3.28. The molecule has 0 radical (unpaired) electrons. The van der Waals surface area contributed by atoms with Crippen molar-refractivity contribution in [1.82, 2.24) is 5.06 Å². The Bertz CT molecular complexity index is 1610. The van der Waals surface area contributed by atoms with Crippen LogP contribution < -0.4 is 0 Å². The first-order chi connectivity index (χ1) is 17.9. The third-order valence-corrected chi connectivity index (χ3v) is 8.08. The van der Waals surface area contributed by atoms with Crippen molar-refractivity contribution in [1.29, 1.82) is 0 Å². The number of amides is 2. The lowest BCUT2D eigenvalue weighted by molar-refractivity contribution is -0.0154. The molecule has 1 aliphatic heterocycles. The molecule has 4 aromatic rings. The fourth-order valence-electron chi connectivity index (χ4n) is 4.22. The van der Waals surface area contributed by atoms with Gasteiger partial charge in [0, 0.05) is 28.5 Å². The zero-order chi connectivity index (χ0) is 26.0. The van der Waals surface area contributed by atoms with Gasteiger partial charge < -0.3 is 9.47 Å². The molecule has 4 aromatic carbocycles. The zero-order valence-corrected chi connectivity index (χ0v) is 21.5. The van der Waals surface area contributed by atoms with E-state index in [0.717, 1.165) is 4.90 Å². The third kappa shape index (κ3) is 4.98. The van der Waals surface area contributed by atoms with E-state index in [0.29, 0.717) is 52.2 Å². The van der Waals surface area contributed by atoms with E-state index in [2.05, 4.69) is 0 Å². The van der Waals surface area contributed by atoms with Gasteiger partial charge in [-0.15, -0.1) is 21.1 Å². The van der Waals surface area contributed by atoms with Crippen LogP contribution in [0.5, 0.6) is 0 Å². The maximum atomic E-state index is 13.5. The summed E-state index contributed by atoms with van der Waals surface area (Å²) in [5.41, 5.74) is 0.392. The smallest absolute Gasteiger partial charge is 0.318 e. The van der Waals surface area contributed by atoms with Gasteiger partial charge in [-0.05, 0) is 35.0 Å². The van der Waals surface area contributed by atoms with Crippen molar-refractivity contribution in [2.45, 2.75) is 9.79 Å². The molecule has 2 amide bonds. The minimum atomic E-state index is -4.51. The lowest BCUT2D eigenvalue weighted by atomic mass is 9.95. The molecule has 190 valence electrons. The topological polar surface area (TPSA) is 99.2 Å². The number of methoxy groups -OCH3 is 1. The standard InChI is InChI=1S/C27H23NO7S2/c1-33-12-13-34-14-15-36-20-16-19-8-4-10-22-25(19)23(17-20)27(30)28(26(22)29)35-37(31,32)24-11-5-7-18-6-2-3-9-21(18)24/h2-11,16-17H,12-15H2,1H3. The minimum Gasteiger partial charge on any atom is -0.382 e. The second-order valence-electron chi connectivity index (χ2n) is 8.24. The van der Waals surface area contributed by atoms with Gasteiger partial charge in [-0.2, -0.15) is 8.42 Å².